The molecule has 0 aliphatic carbocycles. The monoisotopic (exact) mass is 769 g/mol. The van der Waals surface area contributed by atoms with Crippen molar-refractivity contribution < 1.29 is 19.1 Å². The molecule has 2 heterocycles. The number of nitrogens with zero attached hydrogens (tertiary/aromatic N) is 3. The Labute approximate surface area is 298 Å². The number of esters is 2. The minimum Gasteiger partial charge on any atom is -0.466 e. The van der Waals surface area contributed by atoms with Crippen LogP contribution in [-0.4, -0.2) is 31.8 Å². The van der Waals surface area contributed by atoms with Crippen LogP contribution in [0.4, 0.5) is 17.1 Å². The van der Waals surface area contributed by atoms with Crippen LogP contribution < -0.4 is 14.7 Å². The van der Waals surface area contributed by atoms with E-state index in [-0.39, 0.29) is 5.92 Å². The van der Waals surface area contributed by atoms with Crippen LogP contribution in [0.25, 0.3) is 0 Å². The highest BCUT2D eigenvalue weighted by molar-refractivity contribution is 9.10. The second kappa shape index (κ2) is 14.0. The van der Waals surface area contributed by atoms with Gasteiger partial charge in [-0.3, -0.25) is 0 Å². The SMILES string of the molecule is CCC1/C(=C\C(=O)OC)N(c2ccccc2)/C(=C(\C)C(=O)OC)C12N(Cc1ccc(Br)cc1)c1ccccc1N2Cc1ccc(Br)cc1. The molecule has 1 fully saturated rings. The first-order valence-electron chi connectivity index (χ1n) is 15.8. The Hall–Kier alpha value is -4.34. The lowest BCUT2D eigenvalue weighted by molar-refractivity contribution is -0.136. The van der Waals surface area contributed by atoms with Crippen molar-refractivity contribution in [1.29, 1.82) is 0 Å². The molecular formula is C39H37Br2N3O4. The normalized spacial score (nSPS) is 18.3. The van der Waals surface area contributed by atoms with Crippen LogP contribution in [0.3, 0.4) is 0 Å². The number of fused-ring (bicyclic) bond motifs is 1. The lowest BCUT2D eigenvalue weighted by atomic mass is 9.84. The molecule has 6 rings (SSSR count). The molecule has 2 aliphatic heterocycles. The number of benzene rings is 4. The molecule has 1 spiro atoms. The van der Waals surface area contributed by atoms with Gasteiger partial charge >= 0.3 is 11.9 Å². The summed E-state index contributed by atoms with van der Waals surface area (Å²) < 4.78 is 12.7. The van der Waals surface area contributed by atoms with Gasteiger partial charge in [0.15, 0.2) is 5.66 Å². The molecule has 1 saturated heterocycles. The van der Waals surface area contributed by atoms with Crippen LogP contribution in [0.2, 0.25) is 0 Å². The van der Waals surface area contributed by atoms with Crippen LogP contribution in [0, 0.1) is 5.92 Å². The summed E-state index contributed by atoms with van der Waals surface area (Å²) >= 11 is 7.20. The van der Waals surface area contributed by atoms with Crippen molar-refractivity contribution in [3.8, 4) is 0 Å². The van der Waals surface area contributed by atoms with Gasteiger partial charge < -0.3 is 24.2 Å². The van der Waals surface area contributed by atoms with Crippen LogP contribution in [0.15, 0.2) is 135 Å². The van der Waals surface area contributed by atoms with Crippen molar-refractivity contribution in [3.63, 3.8) is 0 Å². The minimum atomic E-state index is -0.980. The maximum Gasteiger partial charge on any atom is 0.335 e. The van der Waals surface area contributed by atoms with Crippen LogP contribution >= 0.6 is 31.9 Å². The van der Waals surface area contributed by atoms with Crippen molar-refractivity contribution in [2.75, 3.05) is 28.9 Å². The molecule has 9 heteroatoms. The maximum atomic E-state index is 13.8. The maximum absolute atomic E-state index is 13.8. The topological polar surface area (TPSA) is 62.3 Å². The largest absolute Gasteiger partial charge is 0.466 e. The van der Waals surface area contributed by atoms with Gasteiger partial charge in [-0.2, -0.15) is 0 Å². The van der Waals surface area contributed by atoms with Crippen molar-refractivity contribution in [3.05, 3.63) is 146 Å². The highest BCUT2D eigenvalue weighted by Crippen LogP contribution is 2.61. The number of rotatable bonds is 8. The van der Waals surface area contributed by atoms with Gasteiger partial charge in [-0.25, -0.2) is 9.59 Å². The predicted molar refractivity (Wildman–Crippen MR) is 197 cm³/mol. The second-order valence-corrected chi connectivity index (χ2v) is 13.7. The summed E-state index contributed by atoms with van der Waals surface area (Å²) in [5.41, 5.74) is 6.01. The molecule has 7 nitrogen and oxygen atoms in total. The fourth-order valence-electron chi connectivity index (χ4n) is 7.23. The fraction of sp³-hybridized carbons (Fsp3) is 0.231. The summed E-state index contributed by atoms with van der Waals surface area (Å²) in [5, 5.41) is 0. The third kappa shape index (κ3) is 5.83. The fourth-order valence-corrected chi connectivity index (χ4v) is 7.76. The van der Waals surface area contributed by atoms with E-state index in [1.54, 1.807) is 6.08 Å². The van der Waals surface area contributed by atoms with E-state index in [0.29, 0.717) is 25.1 Å². The van der Waals surface area contributed by atoms with Gasteiger partial charge in [0.1, 0.15) is 0 Å². The van der Waals surface area contributed by atoms with Crippen molar-refractivity contribution in [2.45, 2.75) is 39.0 Å². The Kier molecular flexibility index (Phi) is 9.80. The van der Waals surface area contributed by atoms with Gasteiger partial charge in [-0.15, -0.1) is 0 Å². The van der Waals surface area contributed by atoms with Crippen LogP contribution in [0.1, 0.15) is 31.4 Å². The smallest absolute Gasteiger partial charge is 0.335 e. The molecule has 0 bridgehead atoms. The van der Waals surface area contributed by atoms with Gasteiger partial charge in [0.25, 0.3) is 0 Å². The Morgan fingerprint density at radius 2 is 1.25 bits per heavy atom. The molecule has 0 aromatic heterocycles. The molecule has 4 aromatic rings. The molecule has 4 aromatic carbocycles. The average molecular weight is 772 g/mol. The minimum absolute atomic E-state index is 0.301. The Morgan fingerprint density at radius 1 is 0.750 bits per heavy atom. The van der Waals surface area contributed by atoms with Gasteiger partial charge in [0.05, 0.1) is 36.9 Å². The zero-order chi connectivity index (χ0) is 34.0. The third-order valence-electron chi connectivity index (χ3n) is 9.20. The quantitative estimate of drug-likeness (QED) is 0.131. The first-order valence-corrected chi connectivity index (χ1v) is 17.4. The summed E-state index contributed by atoms with van der Waals surface area (Å²) in [5.74, 6) is -1.21. The molecular weight excluding hydrogens is 734 g/mol. The predicted octanol–water partition coefficient (Wildman–Crippen LogP) is 8.99. The van der Waals surface area contributed by atoms with E-state index in [1.165, 1.54) is 14.2 Å². The summed E-state index contributed by atoms with van der Waals surface area (Å²) in [4.78, 5) is 33.9. The standard InChI is InChI=1S/C39H37Br2N3O4/c1-5-32-35(23-36(45)47-3)44(31-11-7-6-8-12-31)37(26(2)38(46)48-4)39(32)42(24-27-15-19-29(40)20-16-27)33-13-9-10-14-34(33)43(39)25-28-17-21-30(41)22-18-28/h6-23,32H,5,24-25H2,1-4H3/b35-23+,37-26+. The van der Waals surface area contributed by atoms with E-state index in [9.17, 15) is 9.59 Å². The first kappa shape index (κ1) is 33.6. The van der Waals surface area contributed by atoms with Gasteiger partial charge in [0, 0.05) is 45.4 Å². The van der Waals surface area contributed by atoms with E-state index in [2.05, 4.69) is 102 Å². The number of carbonyl (C=O) groups is 2. The molecule has 246 valence electrons. The number of ether oxygens (including phenoxy) is 2. The molecule has 1 unspecified atom stereocenters. The Balaban J connectivity index is 1.74. The number of carbonyl (C=O) groups excluding carboxylic acids is 2. The average Bonchev–Trinajstić information content (AvgIpc) is 3.54. The summed E-state index contributed by atoms with van der Waals surface area (Å²) in [7, 11) is 2.80. The Bertz CT molecular complexity index is 1800. The van der Waals surface area contributed by atoms with Gasteiger partial charge in [0.2, 0.25) is 0 Å². The zero-order valence-electron chi connectivity index (χ0n) is 27.3. The van der Waals surface area contributed by atoms with Gasteiger partial charge in [-0.05, 0) is 73.0 Å². The first-order chi connectivity index (χ1) is 23.2. The molecule has 0 N–H and O–H groups in total. The number of para-hydroxylation sites is 3. The lowest BCUT2D eigenvalue weighted by Crippen LogP contribution is -2.61. The lowest BCUT2D eigenvalue weighted by Gasteiger charge is -2.48. The zero-order valence-corrected chi connectivity index (χ0v) is 30.5. The molecule has 1 atom stereocenters. The number of anilines is 3. The van der Waals surface area contributed by atoms with Crippen LogP contribution in [-0.2, 0) is 32.2 Å². The van der Waals surface area contributed by atoms with E-state index < -0.39 is 17.6 Å². The van der Waals surface area contributed by atoms with Crippen molar-refractivity contribution in [1.82, 2.24) is 0 Å². The molecule has 2 aliphatic rings. The number of hydrogen-bond donors (Lipinski definition) is 0. The summed E-state index contributed by atoms with van der Waals surface area (Å²) in [6.07, 6.45) is 2.23. The third-order valence-corrected chi connectivity index (χ3v) is 10.3. The molecule has 48 heavy (non-hydrogen) atoms. The number of methoxy groups -OCH3 is 2. The molecule has 0 radical (unpaired) electrons. The number of halogens is 2. The summed E-state index contributed by atoms with van der Waals surface area (Å²) in [6.45, 7) is 5.02. The van der Waals surface area contributed by atoms with E-state index in [1.807, 2.05) is 61.5 Å². The number of hydrogen-bond acceptors (Lipinski definition) is 7. The van der Waals surface area contributed by atoms with E-state index in [4.69, 9.17) is 9.47 Å². The second-order valence-electron chi connectivity index (χ2n) is 11.8. The Morgan fingerprint density at radius 3 is 1.71 bits per heavy atom. The van der Waals surface area contributed by atoms with Gasteiger partial charge in [-0.1, -0.05) is 93.4 Å². The van der Waals surface area contributed by atoms with E-state index in [0.717, 1.165) is 48.5 Å². The molecule has 0 amide bonds. The van der Waals surface area contributed by atoms with E-state index >= 15 is 0 Å². The van der Waals surface area contributed by atoms with Crippen molar-refractivity contribution >= 4 is 60.9 Å². The summed E-state index contributed by atoms with van der Waals surface area (Å²) in [6, 6.07) is 34.9. The highest BCUT2D eigenvalue weighted by atomic mass is 79.9. The highest BCUT2D eigenvalue weighted by Gasteiger charge is 2.64. The van der Waals surface area contributed by atoms with Crippen LogP contribution in [0.5, 0.6) is 0 Å². The molecule has 0 saturated carbocycles. The van der Waals surface area contributed by atoms with Crippen molar-refractivity contribution in [2.24, 2.45) is 5.92 Å².